The number of carbonyl (C=O) groups excluding carboxylic acids is 2. The summed E-state index contributed by atoms with van der Waals surface area (Å²) >= 11 is 17.6. The lowest BCUT2D eigenvalue weighted by Gasteiger charge is -2.27. The van der Waals surface area contributed by atoms with Crippen molar-refractivity contribution in [3.63, 3.8) is 0 Å². The number of nitrogens with zero attached hydrogens (tertiary/aromatic N) is 1. The average Bonchev–Trinajstić information content (AvgIpc) is 2.74. The van der Waals surface area contributed by atoms with Crippen molar-refractivity contribution in [2.75, 3.05) is 0 Å². The van der Waals surface area contributed by atoms with E-state index < -0.39 is 17.5 Å². The highest BCUT2D eigenvalue weighted by Gasteiger charge is 2.53. The third kappa shape index (κ3) is 2.24. The second kappa shape index (κ2) is 5.47. The number of halogens is 3. The molecule has 3 amide bonds. The Labute approximate surface area is 141 Å². The molecule has 0 spiro atoms. The molecule has 1 N–H and O–H groups in total. The lowest BCUT2D eigenvalue weighted by Crippen LogP contribution is -2.44. The van der Waals surface area contributed by atoms with Crippen LogP contribution in [0, 0.1) is 0 Å². The van der Waals surface area contributed by atoms with Crippen LogP contribution in [-0.4, -0.2) is 16.4 Å². The molecule has 3 rings (SSSR count). The summed E-state index contributed by atoms with van der Waals surface area (Å²) in [7, 11) is 0. The van der Waals surface area contributed by atoms with Gasteiger partial charge in [0, 0.05) is 21.8 Å². The van der Waals surface area contributed by atoms with Crippen molar-refractivity contribution in [3.05, 3.63) is 69.7 Å². The molecule has 7 heteroatoms. The molecule has 0 aromatic heterocycles. The van der Waals surface area contributed by atoms with Crippen LogP contribution < -0.4 is 5.32 Å². The zero-order valence-corrected chi connectivity index (χ0v) is 13.3. The number of hydrogen-bond acceptors (Lipinski definition) is 2. The van der Waals surface area contributed by atoms with E-state index in [0.717, 1.165) is 0 Å². The SMILES string of the molecule is O=C1NC(c2ccc(Cl)cc2)(c2ccc(Cl)cc2)C(=O)N1Cl. The van der Waals surface area contributed by atoms with Crippen molar-refractivity contribution in [3.8, 4) is 0 Å². The number of hydrogen-bond donors (Lipinski definition) is 1. The van der Waals surface area contributed by atoms with Gasteiger partial charge in [-0.15, -0.1) is 0 Å². The van der Waals surface area contributed by atoms with Gasteiger partial charge >= 0.3 is 6.03 Å². The van der Waals surface area contributed by atoms with Crippen LogP contribution >= 0.6 is 35.0 Å². The van der Waals surface area contributed by atoms with Gasteiger partial charge in [-0.25, -0.2) is 4.79 Å². The predicted molar refractivity (Wildman–Crippen MR) is 84.9 cm³/mol. The van der Waals surface area contributed by atoms with E-state index in [9.17, 15) is 9.59 Å². The average molecular weight is 356 g/mol. The largest absolute Gasteiger partial charge is 0.340 e. The predicted octanol–water partition coefficient (Wildman–Crippen LogP) is 3.94. The van der Waals surface area contributed by atoms with E-state index in [4.69, 9.17) is 35.0 Å². The van der Waals surface area contributed by atoms with Crippen LogP contribution in [0.3, 0.4) is 0 Å². The number of nitrogens with one attached hydrogen (secondary N) is 1. The van der Waals surface area contributed by atoms with Crippen molar-refractivity contribution in [2.45, 2.75) is 5.54 Å². The second-order valence-electron chi connectivity index (χ2n) is 4.78. The molecule has 1 saturated heterocycles. The second-order valence-corrected chi connectivity index (χ2v) is 5.99. The summed E-state index contributed by atoms with van der Waals surface area (Å²) in [5.41, 5.74) is -0.282. The molecule has 4 nitrogen and oxygen atoms in total. The van der Waals surface area contributed by atoms with E-state index in [1.165, 1.54) is 0 Å². The van der Waals surface area contributed by atoms with E-state index in [0.29, 0.717) is 25.6 Å². The number of urea groups is 1. The van der Waals surface area contributed by atoms with E-state index in [2.05, 4.69) is 5.32 Å². The minimum atomic E-state index is -1.39. The molecule has 0 atom stereocenters. The van der Waals surface area contributed by atoms with E-state index in [1.54, 1.807) is 48.5 Å². The van der Waals surface area contributed by atoms with Crippen LogP contribution in [0.5, 0.6) is 0 Å². The maximum Gasteiger partial charge on any atom is 0.340 e. The summed E-state index contributed by atoms with van der Waals surface area (Å²) in [6.45, 7) is 0. The molecular weight excluding hydrogens is 347 g/mol. The Balaban J connectivity index is 2.23. The zero-order valence-electron chi connectivity index (χ0n) is 11.0. The topological polar surface area (TPSA) is 49.4 Å². The molecule has 0 bridgehead atoms. The third-order valence-corrected chi connectivity index (χ3v) is 4.34. The Bertz CT molecular complexity index is 699. The minimum Gasteiger partial charge on any atom is -0.314 e. The first-order valence-electron chi connectivity index (χ1n) is 6.30. The van der Waals surface area contributed by atoms with Gasteiger partial charge in [0.05, 0.1) is 0 Å². The quantitative estimate of drug-likeness (QED) is 0.655. The highest BCUT2D eigenvalue weighted by atomic mass is 35.5. The Morgan fingerprint density at radius 2 is 1.23 bits per heavy atom. The van der Waals surface area contributed by atoms with Gasteiger partial charge in [-0.2, -0.15) is 4.42 Å². The third-order valence-electron chi connectivity index (χ3n) is 3.53. The fourth-order valence-corrected chi connectivity index (χ4v) is 2.88. The van der Waals surface area contributed by atoms with Gasteiger partial charge < -0.3 is 5.32 Å². The van der Waals surface area contributed by atoms with Gasteiger partial charge in [-0.1, -0.05) is 47.5 Å². The van der Waals surface area contributed by atoms with Gasteiger partial charge in [0.25, 0.3) is 5.91 Å². The lowest BCUT2D eigenvalue weighted by atomic mass is 9.83. The number of imide groups is 1. The van der Waals surface area contributed by atoms with E-state index in [-0.39, 0.29) is 0 Å². The molecule has 112 valence electrons. The number of benzene rings is 2. The van der Waals surface area contributed by atoms with Crippen molar-refractivity contribution in [1.29, 1.82) is 0 Å². The maximum absolute atomic E-state index is 12.7. The summed E-state index contributed by atoms with van der Waals surface area (Å²) in [6.07, 6.45) is 0. The van der Waals surface area contributed by atoms with Gasteiger partial charge in [0.15, 0.2) is 5.54 Å². The van der Waals surface area contributed by atoms with Crippen molar-refractivity contribution >= 4 is 46.9 Å². The van der Waals surface area contributed by atoms with Crippen LogP contribution in [0.2, 0.25) is 10.0 Å². The summed E-state index contributed by atoms with van der Waals surface area (Å²) in [6, 6.07) is 12.6. The van der Waals surface area contributed by atoms with Crippen LogP contribution in [0.4, 0.5) is 4.79 Å². The smallest absolute Gasteiger partial charge is 0.314 e. The van der Waals surface area contributed by atoms with Crippen LogP contribution in [0.15, 0.2) is 48.5 Å². The van der Waals surface area contributed by atoms with Gasteiger partial charge in [-0.05, 0) is 35.4 Å². The van der Waals surface area contributed by atoms with Gasteiger partial charge in [-0.3, -0.25) is 4.79 Å². The number of amides is 3. The van der Waals surface area contributed by atoms with Crippen LogP contribution in [0.1, 0.15) is 11.1 Å². The maximum atomic E-state index is 12.7. The highest BCUT2D eigenvalue weighted by molar-refractivity contribution is 6.34. The number of carbonyl (C=O) groups is 2. The Morgan fingerprint density at radius 1 is 0.818 bits per heavy atom. The Morgan fingerprint density at radius 3 is 1.55 bits per heavy atom. The lowest BCUT2D eigenvalue weighted by molar-refractivity contribution is -0.127. The first-order valence-corrected chi connectivity index (χ1v) is 7.39. The molecule has 1 aliphatic rings. The molecular formula is C15H9Cl3N2O2. The van der Waals surface area contributed by atoms with Crippen molar-refractivity contribution in [1.82, 2.24) is 9.74 Å². The van der Waals surface area contributed by atoms with Gasteiger partial charge in [0.2, 0.25) is 0 Å². The van der Waals surface area contributed by atoms with Gasteiger partial charge in [0.1, 0.15) is 0 Å². The molecule has 1 fully saturated rings. The molecule has 1 heterocycles. The fraction of sp³-hybridized carbons (Fsp3) is 0.0667. The van der Waals surface area contributed by atoms with Crippen molar-refractivity contribution in [2.24, 2.45) is 0 Å². The van der Waals surface area contributed by atoms with Crippen molar-refractivity contribution < 1.29 is 9.59 Å². The normalized spacial score (nSPS) is 16.8. The molecule has 2 aromatic carbocycles. The monoisotopic (exact) mass is 354 g/mol. The summed E-state index contributed by atoms with van der Waals surface area (Å²) in [5, 5.41) is 3.70. The Kier molecular flexibility index (Phi) is 3.77. The minimum absolute atomic E-state index is 0.523. The molecule has 1 aliphatic heterocycles. The molecule has 0 aliphatic carbocycles. The first-order chi connectivity index (χ1) is 10.4. The molecule has 2 aromatic rings. The molecule has 0 unspecified atom stereocenters. The first kappa shape index (κ1) is 15.2. The fourth-order valence-electron chi connectivity index (χ4n) is 2.46. The molecule has 22 heavy (non-hydrogen) atoms. The standard InChI is InChI=1S/C15H9Cl3N2O2/c16-11-5-1-9(2-6-11)15(10-3-7-12(17)8-4-10)13(21)20(18)14(22)19-15/h1-8H,(H,19,22). The zero-order chi connectivity index (χ0) is 15.9. The molecule has 0 saturated carbocycles. The number of rotatable bonds is 2. The van der Waals surface area contributed by atoms with Crippen LogP contribution in [0.25, 0.3) is 0 Å². The Hall–Kier alpha value is -1.75. The summed E-state index contributed by atoms with van der Waals surface area (Å²) < 4.78 is 0.545. The summed E-state index contributed by atoms with van der Waals surface area (Å²) in [4.78, 5) is 24.5. The molecule has 0 radical (unpaired) electrons. The van der Waals surface area contributed by atoms with Crippen LogP contribution in [-0.2, 0) is 10.3 Å². The van der Waals surface area contributed by atoms with E-state index in [1.807, 2.05) is 0 Å². The summed E-state index contributed by atoms with van der Waals surface area (Å²) in [5.74, 6) is -0.580. The van der Waals surface area contributed by atoms with E-state index >= 15 is 0 Å². The highest BCUT2D eigenvalue weighted by Crippen LogP contribution is 2.37.